The number of amides is 1. The Hall–Kier alpha value is -2.96. The van der Waals surface area contributed by atoms with E-state index in [-0.39, 0.29) is 18.3 Å². The fourth-order valence-electron chi connectivity index (χ4n) is 2.04. The van der Waals surface area contributed by atoms with Crippen molar-refractivity contribution in [3.63, 3.8) is 0 Å². The molecule has 0 fully saturated rings. The lowest BCUT2D eigenvalue weighted by Crippen LogP contribution is -2.41. The van der Waals surface area contributed by atoms with Gasteiger partial charge in [-0.15, -0.1) is 0 Å². The minimum absolute atomic E-state index is 0.0221. The first-order valence-electron chi connectivity index (χ1n) is 7.89. The zero-order valence-electron chi connectivity index (χ0n) is 13.9. The summed E-state index contributed by atoms with van der Waals surface area (Å²) in [6, 6.07) is 11.7. The maximum Gasteiger partial charge on any atom is 0.243 e. The number of benzene rings is 2. The molecule has 5 nitrogen and oxygen atoms in total. The van der Waals surface area contributed by atoms with E-state index in [0.717, 1.165) is 5.56 Å². The Bertz CT molecular complexity index is 732. The molecule has 0 bridgehead atoms. The van der Waals surface area contributed by atoms with Gasteiger partial charge in [0.05, 0.1) is 13.1 Å². The van der Waals surface area contributed by atoms with E-state index in [9.17, 15) is 13.6 Å². The summed E-state index contributed by atoms with van der Waals surface area (Å²) in [6.45, 7) is 2.86. The van der Waals surface area contributed by atoms with E-state index in [1.807, 2.05) is 6.92 Å². The molecule has 2 rings (SSSR count). The zero-order valence-corrected chi connectivity index (χ0v) is 13.9. The van der Waals surface area contributed by atoms with Gasteiger partial charge in [-0.1, -0.05) is 18.2 Å². The SMILES string of the molecule is CCNC(=NCc1ccc(F)cc1)NCC(=O)Nc1cccc(F)c1. The lowest BCUT2D eigenvalue weighted by molar-refractivity contribution is -0.115. The van der Waals surface area contributed by atoms with Crippen molar-refractivity contribution in [1.82, 2.24) is 10.6 Å². The fraction of sp³-hybridized carbons (Fsp3) is 0.222. The second-order valence-electron chi connectivity index (χ2n) is 5.23. The highest BCUT2D eigenvalue weighted by Crippen LogP contribution is 2.08. The molecular weight excluding hydrogens is 326 g/mol. The summed E-state index contributed by atoms with van der Waals surface area (Å²) in [4.78, 5) is 16.3. The van der Waals surface area contributed by atoms with Gasteiger partial charge in [0.25, 0.3) is 0 Å². The van der Waals surface area contributed by atoms with Crippen LogP contribution < -0.4 is 16.0 Å². The van der Waals surface area contributed by atoms with Crippen LogP contribution in [-0.2, 0) is 11.3 Å². The zero-order chi connectivity index (χ0) is 18.1. The molecule has 0 aromatic heterocycles. The minimum atomic E-state index is -0.417. The molecule has 0 saturated heterocycles. The quantitative estimate of drug-likeness (QED) is 0.557. The monoisotopic (exact) mass is 346 g/mol. The highest BCUT2D eigenvalue weighted by molar-refractivity contribution is 5.94. The van der Waals surface area contributed by atoms with Gasteiger partial charge in [0.2, 0.25) is 5.91 Å². The highest BCUT2D eigenvalue weighted by Gasteiger charge is 2.05. The van der Waals surface area contributed by atoms with Crippen molar-refractivity contribution in [3.8, 4) is 0 Å². The molecule has 132 valence electrons. The second-order valence-corrected chi connectivity index (χ2v) is 5.23. The number of nitrogens with one attached hydrogen (secondary N) is 3. The summed E-state index contributed by atoms with van der Waals surface area (Å²) in [7, 11) is 0. The maximum absolute atomic E-state index is 13.1. The van der Waals surface area contributed by atoms with Gasteiger partial charge < -0.3 is 16.0 Å². The van der Waals surface area contributed by atoms with E-state index < -0.39 is 5.82 Å². The second kappa shape index (κ2) is 9.36. The number of hydrogen-bond acceptors (Lipinski definition) is 2. The molecular formula is C18H20F2N4O. The molecule has 0 unspecified atom stereocenters. The van der Waals surface area contributed by atoms with Gasteiger partial charge in [-0.2, -0.15) is 0 Å². The summed E-state index contributed by atoms with van der Waals surface area (Å²) in [5.41, 5.74) is 1.24. The number of aliphatic imine (C=N–C) groups is 1. The number of carbonyl (C=O) groups excluding carboxylic acids is 1. The van der Waals surface area contributed by atoms with Crippen LogP contribution >= 0.6 is 0 Å². The van der Waals surface area contributed by atoms with Crippen LogP contribution in [0.5, 0.6) is 0 Å². The lowest BCUT2D eigenvalue weighted by atomic mass is 10.2. The first-order valence-corrected chi connectivity index (χ1v) is 7.89. The van der Waals surface area contributed by atoms with Gasteiger partial charge in [-0.25, -0.2) is 13.8 Å². The average molecular weight is 346 g/mol. The van der Waals surface area contributed by atoms with Crippen LogP contribution in [0.3, 0.4) is 0 Å². The average Bonchev–Trinajstić information content (AvgIpc) is 2.59. The van der Waals surface area contributed by atoms with Crippen molar-refractivity contribution in [2.75, 3.05) is 18.4 Å². The van der Waals surface area contributed by atoms with E-state index in [1.165, 1.54) is 30.3 Å². The molecule has 0 aliphatic heterocycles. The third-order valence-electron chi connectivity index (χ3n) is 3.20. The van der Waals surface area contributed by atoms with Gasteiger partial charge in [0.1, 0.15) is 11.6 Å². The molecule has 0 atom stereocenters. The molecule has 0 saturated carbocycles. The topological polar surface area (TPSA) is 65.5 Å². The van der Waals surface area contributed by atoms with Gasteiger partial charge in [0.15, 0.2) is 5.96 Å². The standard InChI is InChI=1S/C18H20F2N4O/c1-2-21-18(22-11-13-6-8-14(19)9-7-13)23-12-17(25)24-16-5-3-4-15(20)10-16/h3-10H,2,11-12H2,1H3,(H,24,25)(H2,21,22,23). The van der Waals surface area contributed by atoms with Crippen molar-refractivity contribution in [2.24, 2.45) is 4.99 Å². The van der Waals surface area contributed by atoms with E-state index in [4.69, 9.17) is 0 Å². The lowest BCUT2D eigenvalue weighted by Gasteiger charge is -2.11. The molecule has 2 aromatic rings. The van der Waals surface area contributed by atoms with Crippen molar-refractivity contribution in [1.29, 1.82) is 0 Å². The summed E-state index contributed by atoms with van der Waals surface area (Å²) >= 11 is 0. The predicted molar refractivity (Wildman–Crippen MR) is 94.2 cm³/mol. The number of rotatable bonds is 6. The van der Waals surface area contributed by atoms with Gasteiger partial charge in [-0.3, -0.25) is 4.79 Å². The largest absolute Gasteiger partial charge is 0.357 e. The molecule has 7 heteroatoms. The summed E-state index contributed by atoms with van der Waals surface area (Å²) in [5.74, 6) is -0.578. The van der Waals surface area contributed by atoms with Crippen molar-refractivity contribution in [3.05, 3.63) is 65.7 Å². The molecule has 0 heterocycles. The number of nitrogens with zero attached hydrogens (tertiary/aromatic N) is 1. The molecule has 3 N–H and O–H groups in total. The van der Waals surface area contributed by atoms with E-state index in [2.05, 4.69) is 20.9 Å². The fourth-order valence-corrected chi connectivity index (χ4v) is 2.04. The van der Waals surface area contributed by atoms with Crippen LogP contribution in [0.1, 0.15) is 12.5 Å². The Morgan fingerprint density at radius 1 is 1.04 bits per heavy atom. The normalized spacial score (nSPS) is 11.1. The van der Waals surface area contributed by atoms with E-state index in [0.29, 0.717) is 24.7 Å². The van der Waals surface area contributed by atoms with Crippen molar-refractivity contribution < 1.29 is 13.6 Å². The van der Waals surface area contributed by atoms with Crippen LogP contribution in [0.25, 0.3) is 0 Å². The Balaban J connectivity index is 1.88. The molecule has 25 heavy (non-hydrogen) atoms. The summed E-state index contributed by atoms with van der Waals surface area (Å²) < 4.78 is 26.0. The minimum Gasteiger partial charge on any atom is -0.357 e. The van der Waals surface area contributed by atoms with Gasteiger partial charge in [0, 0.05) is 12.2 Å². The third-order valence-corrected chi connectivity index (χ3v) is 3.20. The number of anilines is 1. The predicted octanol–water partition coefficient (Wildman–Crippen LogP) is 2.66. The maximum atomic E-state index is 13.1. The van der Waals surface area contributed by atoms with Crippen LogP contribution in [-0.4, -0.2) is 25.0 Å². The first-order chi connectivity index (χ1) is 12.1. The molecule has 0 aliphatic rings. The number of hydrogen-bond donors (Lipinski definition) is 3. The van der Waals surface area contributed by atoms with E-state index in [1.54, 1.807) is 18.2 Å². The van der Waals surface area contributed by atoms with Crippen LogP contribution in [0, 0.1) is 11.6 Å². The number of carbonyl (C=O) groups is 1. The highest BCUT2D eigenvalue weighted by atomic mass is 19.1. The summed E-state index contributed by atoms with van der Waals surface area (Å²) in [6.07, 6.45) is 0. The number of guanidine groups is 1. The molecule has 2 aromatic carbocycles. The molecule has 0 spiro atoms. The van der Waals surface area contributed by atoms with E-state index >= 15 is 0 Å². The van der Waals surface area contributed by atoms with Crippen LogP contribution in [0.15, 0.2) is 53.5 Å². The molecule has 1 amide bonds. The smallest absolute Gasteiger partial charge is 0.243 e. The summed E-state index contributed by atoms with van der Waals surface area (Å²) in [5, 5.41) is 8.51. The Morgan fingerprint density at radius 3 is 2.48 bits per heavy atom. The Labute approximate surface area is 145 Å². The Kier molecular flexibility index (Phi) is 6.88. The van der Waals surface area contributed by atoms with Crippen LogP contribution in [0.2, 0.25) is 0 Å². The van der Waals surface area contributed by atoms with Crippen molar-refractivity contribution in [2.45, 2.75) is 13.5 Å². The molecule has 0 aliphatic carbocycles. The van der Waals surface area contributed by atoms with Gasteiger partial charge in [-0.05, 0) is 42.8 Å². The Morgan fingerprint density at radius 2 is 1.80 bits per heavy atom. The van der Waals surface area contributed by atoms with Gasteiger partial charge >= 0.3 is 0 Å². The molecule has 0 radical (unpaired) electrons. The number of halogens is 2. The first kappa shape index (κ1) is 18.4. The third kappa shape index (κ3) is 6.58. The van der Waals surface area contributed by atoms with Crippen LogP contribution in [0.4, 0.5) is 14.5 Å². The van der Waals surface area contributed by atoms with Crippen molar-refractivity contribution >= 4 is 17.6 Å².